The number of rotatable bonds is 15. The third-order valence-electron chi connectivity index (χ3n) is 7.78. The normalized spacial score (nSPS) is 17.3. The topological polar surface area (TPSA) is 180 Å². The molecule has 1 aromatic rings. The molecule has 1 fully saturated rings. The minimum absolute atomic E-state index is 0.105. The molecule has 0 saturated carbocycles. The van der Waals surface area contributed by atoms with Crippen LogP contribution >= 0.6 is 0 Å². The molecular formula is C33H50N4O9. The molecule has 1 aliphatic rings. The van der Waals surface area contributed by atoms with Crippen LogP contribution in [0.15, 0.2) is 30.3 Å². The van der Waals surface area contributed by atoms with Gasteiger partial charge in [0.1, 0.15) is 29.3 Å². The summed E-state index contributed by atoms with van der Waals surface area (Å²) in [6, 6.07) is 5.50. The summed E-state index contributed by atoms with van der Waals surface area (Å²) in [5, 5.41) is 17.6. The number of nitrogens with one attached hydrogen (secondary N) is 3. The number of hydrogen-bond acceptors (Lipinski definition) is 8. The first kappa shape index (κ1) is 38.0. The maximum atomic E-state index is 13.6. The van der Waals surface area contributed by atoms with Crippen LogP contribution in [0.3, 0.4) is 0 Å². The highest BCUT2D eigenvalue weighted by molar-refractivity contribution is 5.97. The molecule has 0 bridgehead atoms. The van der Waals surface area contributed by atoms with Gasteiger partial charge in [0.2, 0.25) is 17.7 Å². The zero-order valence-corrected chi connectivity index (χ0v) is 28.0. The predicted octanol–water partition coefficient (Wildman–Crippen LogP) is 3.41. The van der Waals surface area contributed by atoms with Gasteiger partial charge in [-0.05, 0) is 84.3 Å². The summed E-state index contributed by atoms with van der Waals surface area (Å²) in [5.41, 5.74) is -1.87. The van der Waals surface area contributed by atoms with Crippen molar-refractivity contribution in [2.24, 2.45) is 5.92 Å². The number of benzene rings is 1. The maximum absolute atomic E-state index is 13.6. The highest BCUT2D eigenvalue weighted by Crippen LogP contribution is 2.21. The fourth-order valence-electron chi connectivity index (χ4n) is 4.94. The van der Waals surface area contributed by atoms with Gasteiger partial charge < -0.3 is 35.4 Å². The first-order valence-corrected chi connectivity index (χ1v) is 15.9. The second-order valence-electron chi connectivity index (χ2n) is 13.1. The molecule has 0 spiro atoms. The number of carboxylic acid groups (broad SMARTS) is 1. The lowest BCUT2D eigenvalue weighted by Gasteiger charge is -2.34. The molecule has 46 heavy (non-hydrogen) atoms. The molecule has 1 aromatic carbocycles. The van der Waals surface area contributed by atoms with E-state index in [2.05, 4.69) is 16.0 Å². The van der Waals surface area contributed by atoms with E-state index in [1.165, 1.54) is 11.8 Å². The van der Waals surface area contributed by atoms with Gasteiger partial charge in [-0.1, -0.05) is 39.0 Å². The van der Waals surface area contributed by atoms with Crippen LogP contribution in [0.5, 0.6) is 0 Å². The van der Waals surface area contributed by atoms with Crippen LogP contribution in [-0.4, -0.2) is 88.2 Å². The molecule has 1 saturated heterocycles. The van der Waals surface area contributed by atoms with Crippen LogP contribution in [0.25, 0.3) is 0 Å². The zero-order chi connectivity index (χ0) is 34.7. The van der Waals surface area contributed by atoms with Crippen molar-refractivity contribution in [1.29, 1.82) is 0 Å². The highest BCUT2D eigenvalue weighted by Gasteiger charge is 2.42. The van der Waals surface area contributed by atoms with Crippen molar-refractivity contribution in [3.8, 4) is 0 Å². The number of nitrogens with zero attached hydrogens (tertiary/aromatic N) is 1. The molecule has 4 atom stereocenters. The number of carboxylic acids is 1. The summed E-state index contributed by atoms with van der Waals surface area (Å²) < 4.78 is 10.7. The summed E-state index contributed by atoms with van der Waals surface area (Å²) in [7, 11) is 0. The fourth-order valence-corrected chi connectivity index (χ4v) is 4.94. The van der Waals surface area contributed by atoms with Crippen LogP contribution < -0.4 is 16.0 Å². The number of carbonyl (C=O) groups excluding carboxylic acids is 5. The third-order valence-corrected chi connectivity index (χ3v) is 7.78. The van der Waals surface area contributed by atoms with Crippen molar-refractivity contribution >= 4 is 35.8 Å². The first-order valence-electron chi connectivity index (χ1n) is 15.9. The van der Waals surface area contributed by atoms with Crippen LogP contribution in [0.2, 0.25) is 0 Å². The van der Waals surface area contributed by atoms with Crippen molar-refractivity contribution in [2.75, 3.05) is 13.2 Å². The average molecular weight is 647 g/mol. The van der Waals surface area contributed by atoms with E-state index in [-0.39, 0.29) is 31.9 Å². The SMILES string of the molecule is CC[C@@](C)(NC(=O)[C@H](CCCCOC(=O)c1ccccc1)NC(=O)OC(C)(C)C)C(=O)N[C@H](C(=O)N1CCC[C@@H]1C(=O)O)C(C)C. The number of aliphatic carboxylic acids is 1. The molecule has 4 amide bonds. The fraction of sp³-hybridized carbons (Fsp3) is 0.636. The molecule has 256 valence electrons. The number of amides is 4. The van der Waals surface area contributed by atoms with E-state index in [9.17, 15) is 33.9 Å². The van der Waals surface area contributed by atoms with Gasteiger partial charge in [-0.2, -0.15) is 0 Å². The molecule has 13 nitrogen and oxygen atoms in total. The summed E-state index contributed by atoms with van der Waals surface area (Å²) >= 11 is 0. The van der Waals surface area contributed by atoms with E-state index >= 15 is 0 Å². The molecule has 0 aromatic heterocycles. The van der Waals surface area contributed by atoms with Crippen molar-refractivity contribution in [1.82, 2.24) is 20.9 Å². The van der Waals surface area contributed by atoms with E-state index in [0.717, 1.165) is 0 Å². The Labute approximate surface area is 271 Å². The minimum Gasteiger partial charge on any atom is -0.480 e. The van der Waals surface area contributed by atoms with Gasteiger partial charge in [0, 0.05) is 6.54 Å². The van der Waals surface area contributed by atoms with Crippen LogP contribution in [-0.2, 0) is 28.7 Å². The monoisotopic (exact) mass is 646 g/mol. The van der Waals surface area contributed by atoms with Gasteiger partial charge in [-0.3, -0.25) is 14.4 Å². The molecular weight excluding hydrogens is 596 g/mol. The Kier molecular flexibility index (Phi) is 14.0. The second kappa shape index (κ2) is 17.0. The lowest BCUT2D eigenvalue weighted by molar-refractivity contribution is -0.150. The van der Waals surface area contributed by atoms with Crippen molar-refractivity contribution in [3.05, 3.63) is 35.9 Å². The lowest BCUT2D eigenvalue weighted by Crippen LogP contribution is -2.64. The molecule has 13 heteroatoms. The molecule has 0 radical (unpaired) electrons. The van der Waals surface area contributed by atoms with Gasteiger partial charge in [-0.15, -0.1) is 0 Å². The Balaban J connectivity index is 2.11. The van der Waals surface area contributed by atoms with Crippen LogP contribution in [0.1, 0.15) is 97.3 Å². The predicted molar refractivity (Wildman–Crippen MR) is 170 cm³/mol. The molecule has 1 heterocycles. The molecule has 2 rings (SSSR count). The average Bonchev–Trinajstić information content (AvgIpc) is 3.48. The summed E-state index contributed by atoms with van der Waals surface area (Å²) in [6.45, 7) is 12.2. The number of esters is 1. The smallest absolute Gasteiger partial charge is 0.408 e. The van der Waals surface area contributed by atoms with Gasteiger partial charge in [0.25, 0.3) is 0 Å². The molecule has 4 N–H and O–H groups in total. The molecule has 0 unspecified atom stereocenters. The minimum atomic E-state index is -1.47. The van der Waals surface area contributed by atoms with Crippen LogP contribution in [0.4, 0.5) is 4.79 Å². The van der Waals surface area contributed by atoms with Gasteiger partial charge in [0.05, 0.1) is 12.2 Å². The van der Waals surface area contributed by atoms with Gasteiger partial charge in [0.15, 0.2) is 0 Å². The van der Waals surface area contributed by atoms with Crippen molar-refractivity contribution < 1.29 is 43.3 Å². The standard InChI is InChI=1S/C33H50N4O9/c1-8-33(7,30(43)35-25(21(2)3)27(39)37-19-14-18-24(37)28(40)41)36-26(38)23(34-31(44)46-32(4,5)6)17-12-13-20-45-29(42)22-15-10-9-11-16-22/h9-11,15-16,21,23-25H,8,12-14,17-20H2,1-7H3,(H,34,44)(H,35,43)(H,36,38)(H,40,41)/t23-,24+,25-,33+/m0/s1. The Bertz CT molecular complexity index is 1230. The number of carbonyl (C=O) groups is 6. The Morgan fingerprint density at radius 2 is 1.65 bits per heavy atom. The Hall–Kier alpha value is -4.16. The van der Waals surface area contributed by atoms with Gasteiger partial charge in [-0.25, -0.2) is 14.4 Å². The number of alkyl carbamates (subject to hydrolysis) is 1. The number of unbranched alkanes of at least 4 members (excludes halogenated alkanes) is 1. The van der Waals surface area contributed by atoms with E-state index in [1.54, 1.807) is 71.9 Å². The number of ether oxygens (including phenoxy) is 2. The number of hydrogen-bond donors (Lipinski definition) is 4. The zero-order valence-electron chi connectivity index (χ0n) is 28.0. The lowest BCUT2D eigenvalue weighted by atomic mass is 9.94. The first-order chi connectivity index (χ1) is 21.5. The summed E-state index contributed by atoms with van der Waals surface area (Å²) in [4.78, 5) is 78.4. The summed E-state index contributed by atoms with van der Waals surface area (Å²) in [6.07, 6.45) is 1.20. The molecule has 1 aliphatic heterocycles. The van der Waals surface area contributed by atoms with Crippen molar-refractivity contribution in [3.63, 3.8) is 0 Å². The maximum Gasteiger partial charge on any atom is 0.408 e. The highest BCUT2D eigenvalue weighted by atomic mass is 16.6. The van der Waals surface area contributed by atoms with Crippen LogP contribution in [0, 0.1) is 5.92 Å². The van der Waals surface area contributed by atoms with E-state index < -0.39 is 65.0 Å². The van der Waals surface area contributed by atoms with Gasteiger partial charge >= 0.3 is 18.0 Å². The second-order valence-corrected chi connectivity index (χ2v) is 13.1. The molecule has 0 aliphatic carbocycles. The largest absolute Gasteiger partial charge is 0.480 e. The van der Waals surface area contributed by atoms with Crippen molar-refractivity contribution in [2.45, 2.75) is 116 Å². The summed E-state index contributed by atoms with van der Waals surface area (Å²) in [5.74, 6) is -3.66. The third kappa shape index (κ3) is 11.3. The quantitative estimate of drug-likeness (QED) is 0.164. The van der Waals surface area contributed by atoms with E-state index in [0.29, 0.717) is 31.2 Å². The number of likely N-dealkylation sites (tertiary alicyclic amines) is 1. The Morgan fingerprint density at radius 3 is 2.22 bits per heavy atom. The van der Waals surface area contributed by atoms with E-state index in [4.69, 9.17) is 9.47 Å². The van der Waals surface area contributed by atoms with E-state index in [1.807, 2.05) is 0 Å². The Morgan fingerprint density at radius 1 is 1.00 bits per heavy atom.